The summed E-state index contributed by atoms with van der Waals surface area (Å²) in [7, 11) is 0. The Balaban J connectivity index is 2.55. The molecule has 0 aliphatic heterocycles. The predicted octanol–water partition coefficient (Wildman–Crippen LogP) is 5.28. The largest absolute Gasteiger partial charge is 0.388 e. The lowest BCUT2D eigenvalue weighted by Gasteiger charge is -2.36. The van der Waals surface area contributed by atoms with Crippen molar-refractivity contribution in [3.8, 4) is 0 Å². The summed E-state index contributed by atoms with van der Waals surface area (Å²) in [5.41, 5.74) is 1.94. The van der Waals surface area contributed by atoms with Gasteiger partial charge in [0.15, 0.2) is 0 Å². The maximum atomic E-state index is 10.2. The fourth-order valence-corrected chi connectivity index (χ4v) is 2.86. The number of ether oxygens (including phenoxy) is 1. The van der Waals surface area contributed by atoms with Crippen LogP contribution in [-0.2, 0) is 10.3 Å². The Morgan fingerprint density at radius 3 is 2.17 bits per heavy atom. The Kier molecular flexibility index (Phi) is 4.70. The summed E-state index contributed by atoms with van der Waals surface area (Å²) >= 11 is 0. The molecule has 2 rings (SSSR count). The first-order chi connectivity index (χ1) is 10.5. The average Bonchev–Trinajstić information content (AvgIpc) is 2.44. The lowest BCUT2D eigenvalue weighted by atomic mass is 9.89. The Labute approximate surface area is 139 Å². The molecule has 2 heteroatoms. The van der Waals surface area contributed by atoms with Crippen LogP contribution < -0.4 is 0 Å². The SMILES string of the molecule is C=C(C)c1cccc2c(C(C)(C)OC(C)C(C)(C)O)cccc12. The molecule has 0 fully saturated rings. The van der Waals surface area contributed by atoms with Gasteiger partial charge in [0.25, 0.3) is 0 Å². The van der Waals surface area contributed by atoms with E-state index in [0.29, 0.717) is 0 Å². The number of fused-ring (bicyclic) bond motifs is 1. The zero-order valence-corrected chi connectivity index (χ0v) is 15.1. The molecule has 1 atom stereocenters. The fourth-order valence-electron chi connectivity index (χ4n) is 2.86. The van der Waals surface area contributed by atoms with Crippen LogP contribution in [0.4, 0.5) is 0 Å². The van der Waals surface area contributed by atoms with Crippen LogP contribution in [-0.4, -0.2) is 16.8 Å². The van der Waals surface area contributed by atoms with Crippen molar-refractivity contribution < 1.29 is 9.84 Å². The molecular formula is C21H28O2. The monoisotopic (exact) mass is 312 g/mol. The van der Waals surface area contributed by atoms with Gasteiger partial charge in [-0.15, -0.1) is 0 Å². The second kappa shape index (κ2) is 6.10. The van der Waals surface area contributed by atoms with E-state index in [2.05, 4.69) is 56.8 Å². The van der Waals surface area contributed by atoms with Gasteiger partial charge in [0.2, 0.25) is 0 Å². The molecule has 0 saturated carbocycles. The molecule has 1 unspecified atom stereocenters. The average molecular weight is 312 g/mol. The van der Waals surface area contributed by atoms with Crippen LogP contribution in [0.3, 0.4) is 0 Å². The van der Waals surface area contributed by atoms with Gasteiger partial charge in [-0.2, -0.15) is 0 Å². The van der Waals surface area contributed by atoms with Crippen molar-refractivity contribution in [2.45, 2.75) is 58.8 Å². The van der Waals surface area contributed by atoms with Crippen LogP contribution in [0.25, 0.3) is 16.3 Å². The normalized spacial score (nSPS) is 14.0. The first-order valence-electron chi connectivity index (χ1n) is 8.12. The smallest absolute Gasteiger partial charge is 0.0886 e. The first-order valence-corrected chi connectivity index (χ1v) is 8.12. The van der Waals surface area contributed by atoms with Crippen LogP contribution in [0.5, 0.6) is 0 Å². The summed E-state index contributed by atoms with van der Waals surface area (Å²) in [6.07, 6.45) is -0.280. The van der Waals surface area contributed by atoms with E-state index < -0.39 is 11.2 Å². The minimum Gasteiger partial charge on any atom is -0.388 e. The van der Waals surface area contributed by atoms with Gasteiger partial charge in [0, 0.05) is 0 Å². The van der Waals surface area contributed by atoms with E-state index >= 15 is 0 Å². The molecule has 0 bridgehead atoms. The number of benzene rings is 2. The van der Waals surface area contributed by atoms with Gasteiger partial charge in [-0.25, -0.2) is 0 Å². The third kappa shape index (κ3) is 3.65. The molecule has 1 N–H and O–H groups in total. The molecule has 0 saturated heterocycles. The van der Waals surface area contributed by atoms with Crippen molar-refractivity contribution in [2.75, 3.05) is 0 Å². The summed E-state index contributed by atoms with van der Waals surface area (Å²) in [6, 6.07) is 12.6. The number of hydrogen-bond donors (Lipinski definition) is 1. The van der Waals surface area contributed by atoms with Crippen molar-refractivity contribution in [1.29, 1.82) is 0 Å². The van der Waals surface area contributed by atoms with Crippen molar-refractivity contribution in [2.24, 2.45) is 0 Å². The standard InChI is InChI=1S/C21H28O2/c1-14(2)16-10-8-12-18-17(16)11-9-13-19(18)21(6,7)23-15(3)20(4,5)22/h8-13,15,22H,1H2,2-7H3. The highest BCUT2D eigenvalue weighted by Gasteiger charge is 2.32. The van der Waals surface area contributed by atoms with Gasteiger partial charge in [-0.05, 0) is 63.4 Å². The second-order valence-electron chi connectivity index (χ2n) is 7.41. The maximum Gasteiger partial charge on any atom is 0.0886 e. The van der Waals surface area contributed by atoms with E-state index in [9.17, 15) is 5.11 Å². The van der Waals surface area contributed by atoms with Crippen molar-refractivity contribution in [3.63, 3.8) is 0 Å². The highest BCUT2D eigenvalue weighted by atomic mass is 16.5. The number of rotatable bonds is 5. The van der Waals surface area contributed by atoms with Gasteiger partial charge >= 0.3 is 0 Å². The summed E-state index contributed by atoms with van der Waals surface area (Å²) in [6.45, 7) is 15.7. The van der Waals surface area contributed by atoms with Crippen LogP contribution in [0.1, 0.15) is 52.7 Å². The van der Waals surface area contributed by atoms with E-state index in [1.807, 2.05) is 13.8 Å². The zero-order valence-electron chi connectivity index (χ0n) is 15.1. The number of hydrogen-bond acceptors (Lipinski definition) is 2. The van der Waals surface area contributed by atoms with Gasteiger partial charge in [-0.3, -0.25) is 0 Å². The zero-order chi connectivity index (χ0) is 17.4. The van der Waals surface area contributed by atoms with Gasteiger partial charge in [0.05, 0.1) is 17.3 Å². The van der Waals surface area contributed by atoms with Crippen LogP contribution >= 0.6 is 0 Å². The number of allylic oxidation sites excluding steroid dienone is 1. The van der Waals surface area contributed by atoms with E-state index in [1.54, 1.807) is 13.8 Å². The fraction of sp³-hybridized carbons (Fsp3) is 0.429. The Bertz CT molecular complexity index is 720. The summed E-state index contributed by atoms with van der Waals surface area (Å²) in [4.78, 5) is 0. The van der Waals surface area contributed by atoms with E-state index in [4.69, 9.17) is 4.74 Å². The molecule has 124 valence electrons. The summed E-state index contributed by atoms with van der Waals surface area (Å²) < 4.78 is 6.22. The molecule has 0 aliphatic carbocycles. The molecule has 0 radical (unpaired) electrons. The van der Waals surface area contributed by atoms with Crippen LogP contribution in [0, 0.1) is 0 Å². The van der Waals surface area contributed by atoms with E-state index in [0.717, 1.165) is 16.7 Å². The predicted molar refractivity (Wildman–Crippen MR) is 98.5 cm³/mol. The summed E-state index contributed by atoms with van der Waals surface area (Å²) in [5, 5.41) is 12.5. The molecule has 2 aromatic carbocycles. The third-order valence-corrected chi connectivity index (χ3v) is 4.50. The molecule has 0 heterocycles. The molecule has 2 aromatic rings. The highest BCUT2D eigenvalue weighted by Crippen LogP contribution is 2.36. The minimum atomic E-state index is -0.884. The first kappa shape index (κ1) is 17.7. The van der Waals surface area contributed by atoms with Gasteiger partial charge in [-0.1, -0.05) is 48.6 Å². The molecule has 2 nitrogen and oxygen atoms in total. The Hall–Kier alpha value is -1.64. The second-order valence-corrected chi connectivity index (χ2v) is 7.41. The molecular weight excluding hydrogens is 284 g/mol. The van der Waals surface area contributed by atoms with Crippen molar-refractivity contribution in [3.05, 3.63) is 54.1 Å². The van der Waals surface area contributed by atoms with Crippen molar-refractivity contribution in [1.82, 2.24) is 0 Å². The maximum absolute atomic E-state index is 10.2. The topological polar surface area (TPSA) is 29.5 Å². The lowest BCUT2D eigenvalue weighted by molar-refractivity contribution is -0.146. The Morgan fingerprint density at radius 1 is 1.04 bits per heavy atom. The van der Waals surface area contributed by atoms with Crippen LogP contribution in [0.2, 0.25) is 0 Å². The minimum absolute atomic E-state index is 0.280. The molecule has 23 heavy (non-hydrogen) atoms. The quantitative estimate of drug-likeness (QED) is 0.813. The van der Waals surface area contributed by atoms with Crippen LogP contribution in [0.15, 0.2) is 43.0 Å². The molecule has 0 spiro atoms. The number of aliphatic hydroxyl groups is 1. The highest BCUT2D eigenvalue weighted by molar-refractivity contribution is 5.95. The van der Waals surface area contributed by atoms with Gasteiger partial charge < -0.3 is 9.84 Å². The summed E-state index contributed by atoms with van der Waals surface area (Å²) in [5.74, 6) is 0. The van der Waals surface area contributed by atoms with Crippen molar-refractivity contribution >= 4 is 16.3 Å². The Morgan fingerprint density at radius 2 is 1.61 bits per heavy atom. The lowest BCUT2D eigenvalue weighted by Crippen LogP contribution is -2.40. The van der Waals surface area contributed by atoms with E-state index in [1.165, 1.54) is 10.8 Å². The molecule has 0 amide bonds. The molecule has 0 aromatic heterocycles. The molecule has 0 aliphatic rings. The van der Waals surface area contributed by atoms with Gasteiger partial charge in [0.1, 0.15) is 0 Å². The van der Waals surface area contributed by atoms with E-state index in [-0.39, 0.29) is 6.10 Å². The third-order valence-electron chi connectivity index (χ3n) is 4.50.